The van der Waals surface area contributed by atoms with Crippen LogP contribution in [0.4, 0.5) is 4.39 Å². The lowest BCUT2D eigenvalue weighted by Crippen LogP contribution is -2.35. The van der Waals surface area contributed by atoms with Crippen molar-refractivity contribution in [2.75, 3.05) is 0 Å². The molecule has 0 saturated carbocycles. The van der Waals surface area contributed by atoms with Crippen molar-refractivity contribution in [3.05, 3.63) is 48.0 Å². The summed E-state index contributed by atoms with van der Waals surface area (Å²) in [4.78, 5) is 0. The highest BCUT2D eigenvalue weighted by Gasteiger charge is 2.14. The normalized spacial score (nSPS) is 11.8. The molecule has 3 nitrogen and oxygen atoms in total. The topological polar surface area (TPSA) is 29.9 Å². The van der Waals surface area contributed by atoms with Gasteiger partial charge < -0.3 is 5.32 Å². The summed E-state index contributed by atoms with van der Waals surface area (Å²) in [5.74, 6) is -0.209. The van der Waals surface area contributed by atoms with E-state index in [2.05, 4.69) is 31.2 Å². The van der Waals surface area contributed by atoms with Crippen molar-refractivity contribution in [1.82, 2.24) is 15.1 Å². The van der Waals surface area contributed by atoms with Crippen LogP contribution in [-0.2, 0) is 6.54 Å². The third-order valence-corrected chi connectivity index (χ3v) is 2.64. The summed E-state index contributed by atoms with van der Waals surface area (Å²) in [5, 5.41) is 7.46. The van der Waals surface area contributed by atoms with Crippen molar-refractivity contribution in [2.45, 2.75) is 32.9 Å². The largest absolute Gasteiger partial charge is 0.308 e. The lowest BCUT2D eigenvalue weighted by molar-refractivity contribution is 0.418. The van der Waals surface area contributed by atoms with Crippen LogP contribution in [0.5, 0.6) is 0 Å². The fraction of sp³-hybridized carbons (Fsp3) is 0.357. The van der Waals surface area contributed by atoms with Crippen LogP contribution in [-0.4, -0.2) is 15.3 Å². The van der Waals surface area contributed by atoms with E-state index in [1.165, 1.54) is 6.07 Å². The van der Waals surface area contributed by atoms with Crippen molar-refractivity contribution < 1.29 is 4.39 Å². The molecule has 0 bridgehead atoms. The van der Waals surface area contributed by atoms with Crippen molar-refractivity contribution in [1.29, 1.82) is 0 Å². The van der Waals surface area contributed by atoms with E-state index in [4.69, 9.17) is 0 Å². The SMILES string of the molecule is CC(C)(C)NCc1c(F)cccc1-n1cccn1. The molecule has 0 spiro atoms. The molecule has 1 aromatic heterocycles. The zero-order valence-electron chi connectivity index (χ0n) is 10.9. The van der Waals surface area contributed by atoms with Crippen molar-refractivity contribution in [3.63, 3.8) is 0 Å². The number of nitrogens with one attached hydrogen (secondary N) is 1. The molecule has 0 saturated heterocycles. The Balaban J connectivity index is 2.33. The molecule has 0 unspecified atom stereocenters. The molecular formula is C14H18FN3. The molecule has 0 aliphatic heterocycles. The molecule has 18 heavy (non-hydrogen) atoms. The molecule has 1 heterocycles. The zero-order valence-corrected chi connectivity index (χ0v) is 10.9. The lowest BCUT2D eigenvalue weighted by Gasteiger charge is -2.22. The van der Waals surface area contributed by atoms with Crippen molar-refractivity contribution in [3.8, 4) is 5.69 Å². The van der Waals surface area contributed by atoms with E-state index >= 15 is 0 Å². The van der Waals surface area contributed by atoms with E-state index in [1.54, 1.807) is 16.9 Å². The first-order valence-corrected chi connectivity index (χ1v) is 6.00. The minimum Gasteiger partial charge on any atom is -0.308 e. The Labute approximate surface area is 107 Å². The van der Waals surface area contributed by atoms with Gasteiger partial charge in [-0.25, -0.2) is 9.07 Å². The van der Waals surface area contributed by atoms with Crippen LogP contribution < -0.4 is 5.32 Å². The third-order valence-electron chi connectivity index (χ3n) is 2.64. The van der Waals surface area contributed by atoms with Gasteiger partial charge in [0.1, 0.15) is 5.82 Å². The minimum atomic E-state index is -0.209. The first-order chi connectivity index (χ1) is 8.47. The van der Waals surface area contributed by atoms with Gasteiger partial charge in [-0.3, -0.25) is 0 Å². The predicted molar refractivity (Wildman–Crippen MR) is 70.1 cm³/mol. The number of hydrogen-bond acceptors (Lipinski definition) is 2. The molecule has 2 aromatic rings. The quantitative estimate of drug-likeness (QED) is 0.903. The summed E-state index contributed by atoms with van der Waals surface area (Å²) in [6.07, 6.45) is 3.50. The van der Waals surface area contributed by atoms with Crippen LogP contribution >= 0.6 is 0 Å². The van der Waals surface area contributed by atoms with Gasteiger partial charge in [0, 0.05) is 30.0 Å². The fourth-order valence-corrected chi connectivity index (χ4v) is 1.70. The van der Waals surface area contributed by atoms with E-state index in [9.17, 15) is 4.39 Å². The van der Waals surface area contributed by atoms with E-state index in [-0.39, 0.29) is 11.4 Å². The smallest absolute Gasteiger partial charge is 0.129 e. The molecule has 96 valence electrons. The van der Waals surface area contributed by atoms with Gasteiger partial charge in [0.05, 0.1) is 5.69 Å². The fourth-order valence-electron chi connectivity index (χ4n) is 1.70. The third kappa shape index (κ3) is 2.96. The Morgan fingerprint density at radius 2 is 2.06 bits per heavy atom. The average molecular weight is 247 g/mol. The van der Waals surface area contributed by atoms with Gasteiger partial charge in [-0.2, -0.15) is 5.10 Å². The molecule has 0 aliphatic rings. The van der Waals surface area contributed by atoms with Gasteiger partial charge in [0.15, 0.2) is 0 Å². The maximum Gasteiger partial charge on any atom is 0.129 e. The summed E-state index contributed by atoms with van der Waals surface area (Å²) in [5.41, 5.74) is 1.36. The number of halogens is 1. The molecule has 0 aliphatic carbocycles. The van der Waals surface area contributed by atoms with Gasteiger partial charge >= 0.3 is 0 Å². The van der Waals surface area contributed by atoms with Crippen LogP contribution in [0.1, 0.15) is 26.3 Å². The second kappa shape index (κ2) is 4.90. The summed E-state index contributed by atoms with van der Waals surface area (Å²) in [6, 6.07) is 6.88. The highest BCUT2D eigenvalue weighted by molar-refractivity contribution is 5.41. The van der Waals surface area contributed by atoms with Crippen LogP contribution in [0.15, 0.2) is 36.7 Å². The zero-order chi connectivity index (χ0) is 13.2. The van der Waals surface area contributed by atoms with Gasteiger partial charge in [0.25, 0.3) is 0 Å². The monoisotopic (exact) mass is 247 g/mol. The number of hydrogen-bond donors (Lipinski definition) is 1. The van der Waals surface area contributed by atoms with E-state index < -0.39 is 0 Å². The van der Waals surface area contributed by atoms with E-state index in [0.717, 1.165) is 5.69 Å². The Kier molecular flexibility index (Phi) is 3.48. The number of nitrogens with zero attached hydrogens (tertiary/aromatic N) is 2. The second-order valence-electron chi connectivity index (χ2n) is 5.29. The maximum atomic E-state index is 13.9. The molecule has 0 radical (unpaired) electrons. The van der Waals surface area contributed by atoms with Crippen LogP contribution in [0.25, 0.3) is 5.69 Å². The van der Waals surface area contributed by atoms with Crippen molar-refractivity contribution >= 4 is 0 Å². The first-order valence-electron chi connectivity index (χ1n) is 6.00. The molecule has 1 N–H and O–H groups in total. The molecule has 0 amide bonds. The van der Waals surface area contributed by atoms with Crippen molar-refractivity contribution in [2.24, 2.45) is 0 Å². The summed E-state index contributed by atoms with van der Waals surface area (Å²) in [6.45, 7) is 6.65. The Morgan fingerprint density at radius 1 is 1.28 bits per heavy atom. The number of aromatic nitrogens is 2. The minimum absolute atomic E-state index is 0.0519. The van der Waals surface area contributed by atoms with Gasteiger partial charge in [-0.1, -0.05) is 6.07 Å². The van der Waals surface area contributed by atoms with Gasteiger partial charge in [-0.05, 0) is 39.0 Å². The summed E-state index contributed by atoms with van der Waals surface area (Å²) < 4.78 is 15.6. The first kappa shape index (κ1) is 12.8. The summed E-state index contributed by atoms with van der Waals surface area (Å²) >= 11 is 0. The lowest BCUT2D eigenvalue weighted by atomic mass is 10.1. The molecule has 2 rings (SSSR count). The van der Waals surface area contributed by atoms with Crippen LogP contribution in [0.3, 0.4) is 0 Å². The van der Waals surface area contributed by atoms with Gasteiger partial charge in [0.2, 0.25) is 0 Å². The second-order valence-corrected chi connectivity index (χ2v) is 5.29. The standard InChI is InChI=1S/C14H18FN3/c1-14(2,3)16-10-11-12(15)6-4-7-13(11)18-9-5-8-17-18/h4-9,16H,10H2,1-3H3. The summed E-state index contributed by atoms with van der Waals surface area (Å²) in [7, 11) is 0. The molecule has 1 aromatic carbocycles. The Morgan fingerprint density at radius 3 is 2.67 bits per heavy atom. The van der Waals surface area contributed by atoms with Gasteiger partial charge in [-0.15, -0.1) is 0 Å². The molecular weight excluding hydrogens is 229 g/mol. The number of rotatable bonds is 3. The maximum absolute atomic E-state index is 13.9. The van der Waals surface area contributed by atoms with E-state index in [0.29, 0.717) is 12.1 Å². The van der Waals surface area contributed by atoms with E-state index in [1.807, 2.05) is 18.3 Å². The Bertz CT molecular complexity index is 512. The highest BCUT2D eigenvalue weighted by Crippen LogP contribution is 2.18. The molecule has 0 atom stereocenters. The van der Waals surface area contributed by atoms with Crippen LogP contribution in [0, 0.1) is 5.82 Å². The molecule has 4 heteroatoms. The van der Waals surface area contributed by atoms with Crippen LogP contribution in [0.2, 0.25) is 0 Å². The predicted octanol–water partition coefficient (Wildman–Crippen LogP) is 2.90. The average Bonchev–Trinajstić information content (AvgIpc) is 2.79. The number of benzene rings is 1. The highest BCUT2D eigenvalue weighted by atomic mass is 19.1. The Hall–Kier alpha value is -1.68. The molecule has 0 fully saturated rings.